The standard InChI is InChI=1S/C19H15N5O2/c25-24(26)19-18(21-16-11-5-7-13-23(16)19)22-17(14-8-2-1-3-9-14)15-10-4-6-12-20-15/h1-13,17,22H/t17-/m0/s1. The summed E-state index contributed by atoms with van der Waals surface area (Å²) in [5, 5.41) is 14.9. The van der Waals surface area contributed by atoms with Gasteiger partial charge in [0.25, 0.3) is 0 Å². The molecule has 4 rings (SSSR count). The SMILES string of the molecule is O=[N+]([O-])c1c(N[C@@H](c2ccccc2)c2ccccn2)nc2ccccn12. The Kier molecular flexibility index (Phi) is 4.03. The van der Waals surface area contributed by atoms with E-state index in [2.05, 4.69) is 15.3 Å². The molecule has 0 saturated carbocycles. The van der Waals surface area contributed by atoms with Gasteiger partial charge in [-0.2, -0.15) is 9.38 Å². The van der Waals surface area contributed by atoms with Crippen molar-refractivity contribution in [2.75, 3.05) is 5.32 Å². The second-order valence-corrected chi connectivity index (χ2v) is 5.71. The van der Waals surface area contributed by atoms with E-state index in [0.29, 0.717) is 5.65 Å². The summed E-state index contributed by atoms with van der Waals surface area (Å²) in [6.45, 7) is 0. The van der Waals surface area contributed by atoms with Gasteiger partial charge in [0, 0.05) is 12.3 Å². The minimum Gasteiger partial charge on any atom is -0.358 e. The molecular formula is C19H15N5O2. The van der Waals surface area contributed by atoms with Gasteiger partial charge in [-0.25, -0.2) is 0 Å². The molecular weight excluding hydrogens is 330 g/mol. The smallest absolute Gasteiger partial charge is 0.358 e. The monoisotopic (exact) mass is 345 g/mol. The van der Waals surface area contributed by atoms with Gasteiger partial charge < -0.3 is 15.4 Å². The average molecular weight is 345 g/mol. The summed E-state index contributed by atoms with van der Waals surface area (Å²) in [5.74, 6) is 0.109. The zero-order chi connectivity index (χ0) is 17.9. The van der Waals surface area contributed by atoms with E-state index in [4.69, 9.17) is 0 Å². The summed E-state index contributed by atoms with van der Waals surface area (Å²) < 4.78 is 1.46. The topological polar surface area (TPSA) is 85.4 Å². The lowest BCUT2D eigenvalue weighted by atomic mass is 10.0. The van der Waals surface area contributed by atoms with Crippen LogP contribution in [0.15, 0.2) is 79.1 Å². The zero-order valence-corrected chi connectivity index (χ0v) is 13.7. The molecule has 0 amide bonds. The molecule has 0 unspecified atom stereocenters. The van der Waals surface area contributed by atoms with Crippen LogP contribution in [-0.2, 0) is 0 Å². The number of fused-ring (bicyclic) bond motifs is 1. The summed E-state index contributed by atoms with van der Waals surface area (Å²) >= 11 is 0. The van der Waals surface area contributed by atoms with E-state index in [9.17, 15) is 10.1 Å². The molecule has 0 radical (unpaired) electrons. The van der Waals surface area contributed by atoms with E-state index in [1.165, 1.54) is 4.40 Å². The highest BCUT2D eigenvalue weighted by Gasteiger charge is 2.26. The lowest BCUT2D eigenvalue weighted by Gasteiger charge is -2.18. The number of pyridine rings is 2. The van der Waals surface area contributed by atoms with Crippen LogP contribution in [0.2, 0.25) is 0 Å². The Morgan fingerprint density at radius 2 is 1.77 bits per heavy atom. The Hall–Kier alpha value is -3.74. The number of rotatable bonds is 5. The van der Waals surface area contributed by atoms with Gasteiger partial charge in [0.05, 0.1) is 17.9 Å². The molecule has 26 heavy (non-hydrogen) atoms. The van der Waals surface area contributed by atoms with Crippen LogP contribution >= 0.6 is 0 Å². The van der Waals surface area contributed by atoms with E-state index in [-0.39, 0.29) is 17.7 Å². The van der Waals surface area contributed by atoms with Crippen LogP contribution < -0.4 is 5.32 Å². The first kappa shape index (κ1) is 15.8. The number of imidazole rings is 1. The number of hydrogen-bond donors (Lipinski definition) is 1. The van der Waals surface area contributed by atoms with Crippen molar-refractivity contribution in [2.45, 2.75) is 6.04 Å². The molecule has 0 spiro atoms. The Morgan fingerprint density at radius 1 is 1.00 bits per heavy atom. The van der Waals surface area contributed by atoms with Crippen LogP contribution in [0.1, 0.15) is 17.3 Å². The molecule has 7 nitrogen and oxygen atoms in total. The van der Waals surface area contributed by atoms with Gasteiger partial charge in [-0.05, 0) is 28.7 Å². The number of nitrogens with one attached hydrogen (secondary N) is 1. The fourth-order valence-corrected chi connectivity index (χ4v) is 2.91. The van der Waals surface area contributed by atoms with Crippen LogP contribution in [0.5, 0.6) is 0 Å². The molecule has 1 aromatic carbocycles. The second kappa shape index (κ2) is 6.64. The van der Waals surface area contributed by atoms with Gasteiger partial charge in [0.15, 0.2) is 0 Å². The van der Waals surface area contributed by atoms with Gasteiger partial charge in [-0.1, -0.05) is 42.5 Å². The zero-order valence-electron chi connectivity index (χ0n) is 13.7. The molecule has 0 aliphatic carbocycles. The van der Waals surface area contributed by atoms with Gasteiger partial charge in [-0.15, -0.1) is 0 Å². The third-order valence-electron chi connectivity index (χ3n) is 4.08. The Bertz CT molecular complexity index is 1010. The van der Waals surface area contributed by atoms with Crippen molar-refractivity contribution in [3.05, 3.63) is 100 Å². The first-order valence-corrected chi connectivity index (χ1v) is 8.08. The Morgan fingerprint density at radius 3 is 2.50 bits per heavy atom. The molecule has 128 valence electrons. The van der Waals surface area contributed by atoms with Crippen LogP contribution in [0.4, 0.5) is 11.6 Å². The molecule has 1 N–H and O–H groups in total. The molecule has 0 aliphatic heterocycles. The number of aromatic nitrogens is 3. The van der Waals surface area contributed by atoms with Crippen molar-refractivity contribution in [3.63, 3.8) is 0 Å². The predicted molar refractivity (Wildman–Crippen MR) is 98.0 cm³/mol. The van der Waals surface area contributed by atoms with E-state index in [0.717, 1.165) is 11.3 Å². The highest BCUT2D eigenvalue weighted by Crippen LogP contribution is 2.31. The van der Waals surface area contributed by atoms with Gasteiger partial charge in [0.1, 0.15) is 0 Å². The molecule has 3 heterocycles. The normalized spacial score (nSPS) is 12.0. The molecule has 4 aromatic rings. The molecule has 0 aliphatic rings. The second-order valence-electron chi connectivity index (χ2n) is 5.71. The van der Waals surface area contributed by atoms with Crippen molar-refractivity contribution in [1.29, 1.82) is 0 Å². The Balaban J connectivity index is 1.83. The first-order valence-electron chi connectivity index (χ1n) is 8.08. The van der Waals surface area contributed by atoms with Crippen molar-refractivity contribution >= 4 is 17.3 Å². The average Bonchev–Trinajstić information content (AvgIpc) is 3.06. The van der Waals surface area contributed by atoms with Crippen molar-refractivity contribution in [3.8, 4) is 0 Å². The lowest BCUT2D eigenvalue weighted by molar-refractivity contribution is -0.389. The quantitative estimate of drug-likeness (QED) is 0.439. The number of hydrogen-bond acceptors (Lipinski definition) is 5. The van der Waals surface area contributed by atoms with E-state index in [1.807, 2.05) is 48.5 Å². The summed E-state index contributed by atoms with van der Waals surface area (Å²) in [6.07, 6.45) is 3.33. The summed E-state index contributed by atoms with van der Waals surface area (Å²) in [6, 6.07) is 20.2. The lowest BCUT2D eigenvalue weighted by Crippen LogP contribution is -2.15. The van der Waals surface area contributed by atoms with Gasteiger partial charge in [-0.3, -0.25) is 4.98 Å². The minimum atomic E-state index is -0.428. The minimum absolute atomic E-state index is 0.0996. The number of nitrogens with zero attached hydrogens (tertiary/aromatic N) is 4. The molecule has 7 heteroatoms. The van der Waals surface area contributed by atoms with Crippen LogP contribution in [0.25, 0.3) is 5.65 Å². The highest BCUT2D eigenvalue weighted by atomic mass is 16.6. The summed E-state index contributed by atoms with van der Waals surface area (Å²) in [4.78, 5) is 20.0. The van der Waals surface area contributed by atoms with Gasteiger partial charge >= 0.3 is 5.82 Å². The number of anilines is 1. The van der Waals surface area contributed by atoms with Crippen LogP contribution in [0, 0.1) is 10.1 Å². The van der Waals surface area contributed by atoms with E-state index >= 15 is 0 Å². The molecule has 3 aromatic heterocycles. The fourth-order valence-electron chi connectivity index (χ4n) is 2.91. The number of nitro groups is 1. The Labute approximate surface area is 149 Å². The molecule has 0 saturated heterocycles. The molecule has 0 bridgehead atoms. The van der Waals surface area contributed by atoms with Crippen molar-refractivity contribution in [2.24, 2.45) is 0 Å². The summed E-state index contributed by atoms with van der Waals surface area (Å²) in [5.41, 5.74) is 2.21. The third kappa shape index (κ3) is 2.86. The number of benzene rings is 1. The predicted octanol–water partition coefficient (Wildman–Crippen LogP) is 3.84. The van der Waals surface area contributed by atoms with Crippen LogP contribution in [0.3, 0.4) is 0 Å². The summed E-state index contributed by atoms with van der Waals surface area (Å²) in [7, 11) is 0. The maximum Gasteiger partial charge on any atom is 0.372 e. The largest absolute Gasteiger partial charge is 0.372 e. The third-order valence-corrected chi connectivity index (χ3v) is 4.08. The maximum absolute atomic E-state index is 11.6. The first-order chi connectivity index (χ1) is 12.7. The fraction of sp³-hybridized carbons (Fsp3) is 0.0526. The molecule has 1 atom stereocenters. The van der Waals surface area contributed by atoms with E-state index < -0.39 is 4.92 Å². The highest BCUT2D eigenvalue weighted by molar-refractivity contribution is 5.63. The van der Waals surface area contributed by atoms with E-state index in [1.54, 1.807) is 30.6 Å². The van der Waals surface area contributed by atoms with Crippen molar-refractivity contribution < 1.29 is 4.92 Å². The molecule has 0 fully saturated rings. The van der Waals surface area contributed by atoms with Crippen molar-refractivity contribution in [1.82, 2.24) is 14.4 Å². The maximum atomic E-state index is 11.6. The van der Waals surface area contributed by atoms with Crippen LogP contribution in [-0.4, -0.2) is 19.3 Å². The van der Waals surface area contributed by atoms with Gasteiger partial charge in [0.2, 0.25) is 11.5 Å².